The summed E-state index contributed by atoms with van der Waals surface area (Å²) in [5.74, 6) is 0.690. The number of carbonyl (C=O) groups is 1. The number of hydrogen-bond acceptors (Lipinski definition) is 4. The highest BCUT2D eigenvalue weighted by molar-refractivity contribution is 6.02. The Labute approximate surface area is 246 Å². The fourth-order valence-corrected chi connectivity index (χ4v) is 5.50. The second-order valence-electron chi connectivity index (χ2n) is 10.5. The van der Waals surface area contributed by atoms with Gasteiger partial charge in [0.1, 0.15) is 11.9 Å². The van der Waals surface area contributed by atoms with Gasteiger partial charge in [0.05, 0.1) is 19.8 Å². The minimum atomic E-state index is -0.810. The predicted molar refractivity (Wildman–Crippen MR) is 171 cm³/mol. The molecule has 4 heteroatoms. The second-order valence-corrected chi connectivity index (χ2v) is 10.5. The van der Waals surface area contributed by atoms with Crippen LogP contribution in [0.5, 0.6) is 5.75 Å². The third-order valence-corrected chi connectivity index (χ3v) is 7.76. The van der Waals surface area contributed by atoms with E-state index in [1.54, 1.807) is 7.11 Å². The predicted octanol–water partition coefficient (Wildman–Crippen LogP) is 8.93. The van der Waals surface area contributed by atoms with Crippen molar-refractivity contribution in [3.63, 3.8) is 0 Å². The highest BCUT2D eigenvalue weighted by Crippen LogP contribution is 2.33. The summed E-state index contributed by atoms with van der Waals surface area (Å²) in [6.07, 6.45) is -0.810. The van der Waals surface area contributed by atoms with Gasteiger partial charge in [-0.25, -0.2) is 0 Å². The lowest BCUT2D eigenvalue weighted by atomic mass is 9.93. The lowest BCUT2D eigenvalue weighted by Gasteiger charge is -2.29. The first kappa shape index (κ1) is 27.3. The Hall–Kier alpha value is -4.93. The Morgan fingerprint density at radius 1 is 0.714 bits per heavy atom. The zero-order chi connectivity index (χ0) is 28.9. The number of methoxy groups -OCH3 is 1. The maximum absolute atomic E-state index is 14.3. The summed E-state index contributed by atoms with van der Waals surface area (Å²) < 4.78 is 12.2. The molecule has 6 aromatic rings. The first-order valence-electron chi connectivity index (χ1n) is 14.2. The summed E-state index contributed by atoms with van der Waals surface area (Å²) in [6.45, 7) is 2.34. The van der Waals surface area contributed by atoms with Gasteiger partial charge in [-0.3, -0.25) is 4.79 Å². The molecule has 0 amide bonds. The lowest BCUT2D eigenvalue weighted by Crippen LogP contribution is -2.35. The molecule has 0 saturated carbocycles. The summed E-state index contributed by atoms with van der Waals surface area (Å²) in [5.41, 5.74) is 4.66. The van der Waals surface area contributed by atoms with Gasteiger partial charge in [-0.1, -0.05) is 109 Å². The molecule has 1 N–H and O–H groups in total. The van der Waals surface area contributed by atoms with Crippen LogP contribution in [0.15, 0.2) is 133 Å². The molecule has 0 spiro atoms. The molecule has 4 nitrogen and oxygen atoms in total. The van der Waals surface area contributed by atoms with Crippen LogP contribution < -0.4 is 10.1 Å². The Kier molecular flexibility index (Phi) is 7.98. The van der Waals surface area contributed by atoms with Crippen LogP contribution in [0.2, 0.25) is 0 Å². The van der Waals surface area contributed by atoms with E-state index in [9.17, 15) is 4.79 Å². The fraction of sp³-hybridized carbons (Fsp3) is 0.132. The quantitative estimate of drug-likeness (QED) is 0.136. The van der Waals surface area contributed by atoms with Crippen molar-refractivity contribution in [2.75, 3.05) is 12.4 Å². The molecule has 2 atom stereocenters. The number of rotatable bonds is 10. The van der Waals surface area contributed by atoms with E-state index in [0.717, 1.165) is 49.7 Å². The van der Waals surface area contributed by atoms with Gasteiger partial charge < -0.3 is 14.8 Å². The van der Waals surface area contributed by atoms with Crippen LogP contribution in [0.25, 0.3) is 21.5 Å². The van der Waals surface area contributed by atoms with Crippen molar-refractivity contribution < 1.29 is 14.3 Å². The highest BCUT2D eigenvalue weighted by Gasteiger charge is 2.32. The molecule has 6 rings (SSSR count). The van der Waals surface area contributed by atoms with Crippen LogP contribution in [0.4, 0.5) is 5.69 Å². The largest absolute Gasteiger partial charge is 0.497 e. The van der Waals surface area contributed by atoms with Crippen LogP contribution in [-0.4, -0.2) is 19.0 Å². The Morgan fingerprint density at radius 3 is 1.93 bits per heavy atom. The number of anilines is 1. The summed E-state index contributed by atoms with van der Waals surface area (Å²) in [5, 5.41) is 8.16. The van der Waals surface area contributed by atoms with Gasteiger partial charge in [-0.05, 0) is 69.9 Å². The SMILES string of the molecule is COc1ccc(N[C@H](c2ccc(C)cc2)[C@H](OCc2c3ccccc3cc3ccccc23)C(=O)c2ccccc2)cc1. The number of Topliss-reactive ketones (excluding diaryl/α,β-unsaturated/α-hetero) is 1. The van der Waals surface area contributed by atoms with Crippen molar-refractivity contribution in [1.29, 1.82) is 0 Å². The van der Waals surface area contributed by atoms with Crippen LogP contribution in [0.3, 0.4) is 0 Å². The van der Waals surface area contributed by atoms with Crippen LogP contribution in [-0.2, 0) is 11.3 Å². The van der Waals surface area contributed by atoms with E-state index < -0.39 is 12.1 Å². The summed E-state index contributed by atoms with van der Waals surface area (Å²) >= 11 is 0. The number of ether oxygens (including phenoxy) is 2. The van der Waals surface area contributed by atoms with Crippen LogP contribution in [0.1, 0.15) is 33.1 Å². The van der Waals surface area contributed by atoms with Crippen molar-refractivity contribution in [2.45, 2.75) is 25.7 Å². The smallest absolute Gasteiger partial charge is 0.194 e. The number of benzene rings is 6. The van der Waals surface area contributed by atoms with Gasteiger partial charge in [0.2, 0.25) is 0 Å². The first-order valence-corrected chi connectivity index (χ1v) is 14.2. The number of hydrogen-bond donors (Lipinski definition) is 1. The molecule has 42 heavy (non-hydrogen) atoms. The molecule has 0 unspecified atom stereocenters. The highest BCUT2D eigenvalue weighted by atomic mass is 16.5. The molecule has 0 aliphatic carbocycles. The number of ketones is 1. The second kappa shape index (κ2) is 12.3. The molecule has 6 aromatic carbocycles. The zero-order valence-corrected chi connectivity index (χ0v) is 23.8. The zero-order valence-electron chi connectivity index (χ0n) is 23.8. The lowest BCUT2D eigenvalue weighted by molar-refractivity contribution is 0.0267. The standard InChI is InChI=1S/C38H33NO3/c1-26-16-18-27(19-17-26)36(39-31-20-22-32(41-2)23-21-31)38(37(40)28-10-4-3-5-11-28)42-25-35-33-14-8-6-12-29(33)24-30-13-7-9-15-34(30)35/h3-24,36,38-39H,25H2,1-2H3/t36-,38+/m1/s1. The average Bonchev–Trinajstić information content (AvgIpc) is 3.04. The van der Waals surface area contributed by atoms with Gasteiger partial charge in [-0.2, -0.15) is 0 Å². The molecule has 0 fully saturated rings. The van der Waals surface area contributed by atoms with E-state index in [1.807, 2.05) is 66.7 Å². The minimum absolute atomic E-state index is 0.0771. The first-order chi connectivity index (χ1) is 20.6. The summed E-state index contributed by atoms with van der Waals surface area (Å²) in [4.78, 5) is 14.3. The van der Waals surface area contributed by atoms with Crippen molar-refractivity contribution in [1.82, 2.24) is 0 Å². The maximum atomic E-state index is 14.3. The molecule has 0 radical (unpaired) electrons. The Morgan fingerprint density at radius 2 is 1.31 bits per heavy atom. The maximum Gasteiger partial charge on any atom is 0.194 e. The van der Waals surface area contributed by atoms with E-state index in [0.29, 0.717) is 5.56 Å². The molecule has 0 saturated heterocycles. The third-order valence-electron chi connectivity index (χ3n) is 7.76. The average molecular weight is 552 g/mol. The van der Waals surface area contributed by atoms with Gasteiger partial charge in [-0.15, -0.1) is 0 Å². The summed E-state index contributed by atoms with van der Waals surface area (Å²) in [7, 11) is 1.65. The van der Waals surface area contributed by atoms with Gasteiger partial charge in [0.25, 0.3) is 0 Å². The van der Waals surface area contributed by atoms with Gasteiger partial charge >= 0.3 is 0 Å². The van der Waals surface area contributed by atoms with Crippen molar-refractivity contribution in [3.05, 3.63) is 156 Å². The van der Waals surface area contributed by atoms with E-state index >= 15 is 0 Å². The minimum Gasteiger partial charge on any atom is -0.497 e. The molecule has 208 valence electrons. The molecule has 0 aliphatic heterocycles. The molecular weight excluding hydrogens is 518 g/mol. The fourth-order valence-electron chi connectivity index (χ4n) is 5.50. The number of carbonyl (C=O) groups excluding carboxylic acids is 1. The van der Waals surface area contributed by atoms with Crippen molar-refractivity contribution in [2.24, 2.45) is 0 Å². The van der Waals surface area contributed by atoms with Crippen molar-refractivity contribution in [3.8, 4) is 5.75 Å². The van der Waals surface area contributed by atoms with Crippen molar-refractivity contribution >= 4 is 33.0 Å². The number of nitrogens with one attached hydrogen (secondary N) is 1. The molecule has 0 bridgehead atoms. The summed E-state index contributed by atoms with van der Waals surface area (Å²) in [6, 6.07) is 43.9. The third kappa shape index (κ3) is 5.76. The molecule has 0 aromatic heterocycles. The molecule has 0 aliphatic rings. The number of aryl methyl sites for hydroxylation is 1. The molecule has 0 heterocycles. The van der Waals surface area contributed by atoms with E-state index in [1.165, 1.54) is 0 Å². The van der Waals surface area contributed by atoms with Crippen LogP contribution >= 0.6 is 0 Å². The van der Waals surface area contributed by atoms with Crippen LogP contribution in [0, 0.1) is 6.92 Å². The Balaban J connectivity index is 1.44. The van der Waals surface area contributed by atoms with Gasteiger partial charge in [0.15, 0.2) is 5.78 Å². The van der Waals surface area contributed by atoms with E-state index in [-0.39, 0.29) is 12.4 Å². The molecular formula is C38H33NO3. The topological polar surface area (TPSA) is 47.6 Å². The number of fused-ring (bicyclic) bond motifs is 2. The van der Waals surface area contributed by atoms with Gasteiger partial charge in [0, 0.05) is 11.3 Å². The van der Waals surface area contributed by atoms with E-state index in [4.69, 9.17) is 9.47 Å². The monoisotopic (exact) mass is 551 g/mol. The normalized spacial score (nSPS) is 12.6. The van der Waals surface area contributed by atoms with E-state index in [2.05, 4.69) is 79.0 Å². The Bertz CT molecular complexity index is 1760.